The number of ether oxygens (including phenoxy) is 1. The number of alkyl halides is 3. The van der Waals surface area contributed by atoms with Gasteiger partial charge in [-0.1, -0.05) is 26.0 Å². The Balaban J connectivity index is 2.34. The van der Waals surface area contributed by atoms with Crippen molar-refractivity contribution in [2.75, 3.05) is 12.4 Å². The lowest BCUT2D eigenvalue weighted by molar-refractivity contribution is -0.385. The number of amides is 3. The fourth-order valence-corrected chi connectivity index (χ4v) is 2.39. The summed E-state index contributed by atoms with van der Waals surface area (Å²) in [4.78, 5) is 35.3. The van der Waals surface area contributed by atoms with Crippen LogP contribution in [-0.2, 0) is 11.0 Å². The van der Waals surface area contributed by atoms with E-state index in [2.05, 4.69) is 5.32 Å². The Kier molecular flexibility index (Phi) is 6.65. The third-order valence-electron chi connectivity index (χ3n) is 3.96. The molecule has 0 heterocycles. The molecule has 0 aliphatic heterocycles. The number of carbonyl (C=O) groups excluding carboxylic acids is 2. The highest BCUT2D eigenvalue weighted by atomic mass is 19.4. The Labute approximate surface area is 169 Å². The van der Waals surface area contributed by atoms with E-state index in [0.29, 0.717) is 12.1 Å². The zero-order valence-corrected chi connectivity index (χ0v) is 16.2. The Morgan fingerprint density at radius 2 is 1.77 bits per heavy atom. The summed E-state index contributed by atoms with van der Waals surface area (Å²) in [5.41, 5.74) is -2.02. The number of halogens is 3. The number of nitrogens with zero attached hydrogens (tertiary/aromatic N) is 2. The number of nitro benzene ring substituents is 1. The van der Waals surface area contributed by atoms with Crippen molar-refractivity contribution in [3.8, 4) is 11.5 Å². The van der Waals surface area contributed by atoms with Gasteiger partial charge in [0, 0.05) is 19.0 Å². The van der Waals surface area contributed by atoms with E-state index in [-0.39, 0.29) is 11.4 Å². The number of hydrogen-bond acceptors (Lipinski definition) is 5. The fourth-order valence-electron chi connectivity index (χ4n) is 2.39. The van der Waals surface area contributed by atoms with Crippen molar-refractivity contribution in [1.29, 1.82) is 0 Å². The molecule has 3 amide bonds. The third-order valence-corrected chi connectivity index (χ3v) is 3.96. The number of rotatable bonds is 5. The molecule has 11 heteroatoms. The van der Waals surface area contributed by atoms with Crippen LogP contribution in [0.25, 0.3) is 0 Å². The number of para-hydroxylation sites is 2. The van der Waals surface area contributed by atoms with Gasteiger partial charge in [0.15, 0.2) is 5.75 Å². The SMILES string of the molecule is CC(C)C(=O)N(C)C(=O)Nc1ccccc1Oc1ccc(C(F)(F)F)cc1[N+](=O)[O-]. The second-order valence-corrected chi connectivity index (χ2v) is 6.52. The molecule has 2 aromatic carbocycles. The highest BCUT2D eigenvalue weighted by molar-refractivity contribution is 6.02. The van der Waals surface area contributed by atoms with Gasteiger partial charge in [0.2, 0.25) is 11.7 Å². The minimum absolute atomic E-state index is 0.0564. The second kappa shape index (κ2) is 8.80. The Morgan fingerprint density at radius 3 is 2.33 bits per heavy atom. The predicted octanol–water partition coefficient (Wildman–Crippen LogP) is 5.05. The number of carbonyl (C=O) groups is 2. The van der Waals surface area contributed by atoms with Gasteiger partial charge in [-0.25, -0.2) is 4.79 Å². The van der Waals surface area contributed by atoms with Crippen molar-refractivity contribution in [3.63, 3.8) is 0 Å². The molecular weight excluding hydrogens is 407 g/mol. The van der Waals surface area contributed by atoms with Crippen LogP contribution in [-0.4, -0.2) is 28.8 Å². The summed E-state index contributed by atoms with van der Waals surface area (Å²) in [6.45, 7) is 3.24. The maximum atomic E-state index is 12.9. The molecule has 0 saturated heterocycles. The lowest BCUT2D eigenvalue weighted by atomic mass is 10.2. The van der Waals surface area contributed by atoms with Crippen LogP contribution in [0.1, 0.15) is 19.4 Å². The molecule has 0 fully saturated rings. The number of imide groups is 1. The number of nitrogens with one attached hydrogen (secondary N) is 1. The van der Waals surface area contributed by atoms with Crippen LogP contribution in [0.5, 0.6) is 11.5 Å². The molecule has 0 saturated carbocycles. The summed E-state index contributed by atoms with van der Waals surface area (Å²) < 4.78 is 44.0. The molecule has 1 N–H and O–H groups in total. The lowest BCUT2D eigenvalue weighted by Crippen LogP contribution is -2.39. The van der Waals surface area contributed by atoms with E-state index >= 15 is 0 Å². The maximum Gasteiger partial charge on any atom is 0.416 e. The first kappa shape index (κ1) is 22.7. The first-order valence-corrected chi connectivity index (χ1v) is 8.63. The van der Waals surface area contributed by atoms with E-state index in [1.807, 2.05) is 0 Å². The van der Waals surface area contributed by atoms with Crippen LogP contribution in [0.3, 0.4) is 0 Å². The zero-order chi connectivity index (χ0) is 22.6. The van der Waals surface area contributed by atoms with Gasteiger partial charge < -0.3 is 10.1 Å². The van der Waals surface area contributed by atoms with Crippen molar-refractivity contribution >= 4 is 23.3 Å². The number of anilines is 1. The average molecular weight is 425 g/mol. The largest absolute Gasteiger partial charge is 0.448 e. The molecule has 0 atom stereocenters. The fraction of sp³-hybridized carbons (Fsp3) is 0.263. The van der Waals surface area contributed by atoms with Crippen LogP contribution in [0.2, 0.25) is 0 Å². The molecule has 0 unspecified atom stereocenters. The van der Waals surface area contributed by atoms with Crippen molar-refractivity contribution in [1.82, 2.24) is 4.90 Å². The maximum absolute atomic E-state index is 12.9. The molecule has 8 nitrogen and oxygen atoms in total. The van der Waals surface area contributed by atoms with Gasteiger partial charge in [-0.2, -0.15) is 13.2 Å². The number of hydrogen-bond donors (Lipinski definition) is 1. The monoisotopic (exact) mass is 425 g/mol. The van der Waals surface area contributed by atoms with Crippen LogP contribution in [0, 0.1) is 16.0 Å². The van der Waals surface area contributed by atoms with E-state index in [1.165, 1.54) is 31.3 Å². The van der Waals surface area contributed by atoms with E-state index in [0.717, 1.165) is 11.0 Å². The van der Waals surface area contributed by atoms with Gasteiger partial charge in [-0.3, -0.25) is 19.8 Å². The van der Waals surface area contributed by atoms with Crippen molar-refractivity contribution in [2.45, 2.75) is 20.0 Å². The topological polar surface area (TPSA) is 102 Å². The molecule has 2 rings (SSSR count). The smallest absolute Gasteiger partial charge is 0.416 e. The second-order valence-electron chi connectivity index (χ2n) is 6.52. The molecule has 0 bridgehead atoms. The van der Waals surface area contributed by atoms with E-state index in [9.17, 15) is 32.9 Å². The Morgan fingerprint density at radius 1 is 1.13 bits per heavy atom. The summed E-state index contributed by atoms with van der Waals surface area (Å²) in [6.07, 6.45) is -4.76. The van der Waals surface area contributed by atoms with Crippen molar-refractivity contribution in [3.05, 3.63) is 58.1 Å². The van der Waals surface area contributed by atoms with E-state index in [1.54, 1.807) is 13.8 Å². The molecule has 0 aliphatic rings. The van der Waals surface area contributed by atoms with Gasteiger partial charge in [-0.15, -0.1) is 0 Å². The number of benzene rings is 2. The van der Waals surface area contributed by atoms with Gasteiger partial charge in [-0.05, 0) is 24.3 Å². The predicted molar refractivity (Wildman–Crippen MR) is 101 cm³/mol. The van der Waals surface area contributed by atoms with Crippen molar-refractivity contribution < 1.29 is 32.4 Å². The van der Waals surface area contributed by atoms with Crippen LogP contribution in [0.4, 0.5) is 29.3 Å². The third kappa shape index (κ3) is 5.25. The van der Waals surface area contributed by atoms with Crippen LogP contribution < -0.4 is 10.1 Å². The van der Waals surface area contributed by atoms with Gasteiger partial charge in [0.1, 0.15) is 0 Å². The molecule has 0 aliphatic carbocycles. The van der Waals surface area contributed by atoms with E-state index in [4.69, 9.17) is 4.74 Å². The zero-order valence-electron chi connectivity index (χ0n) is 16.2. The lowest BCUT2D eigenvalue weighted by Gasteiger charge is -2.19. The summed E-state index contributed by atoms with van der Waals surface area (Å²) >= 11 is 0. The summed E-state index contributed by atoms with van der Waals surface area (Å²) in [5.74, 6) is -1.37. The minimum Gasteiger partial charge on any atom is -0.448 e. The van der Waals surface area contributed by atoms with E-state index < -0.39 is 46.0 Å². The minimum atomic E-state index is -4.76. The number of nitro groups is 1. The Bertz CT molecular complexity index is 976. The van der Waals surface area contributed by atoms with Gasteiger partial charge >= 0.3 is 17.9 Å². The molecule has 0 aromatic heterocycles. The highest BCUT2D eigenvalue weighted by Crippen LogP contribution is 2.39. The molecule has 0 radical (unpaired) electrons. The molecule has 30 heavy (non-hydrogen) atoms. The summed E-state index contributed by atoms with van der Waals surface area (Å²) in [5, 5.41) is 13.7. The summed E-state index contributed by atoms with van der Waals surface area (Å²) in [7, 11) is 1.28. The first-order chi connectivity index (χ1) is 13.9. The molecule has 2 aromatic rings. The van der Waals surface area contributed by atoms with Gasteiger partial charge in [0.05, 0.1) is 16.2 Å². The van der Waals surface area contributed by atoms with Crippen molar-refractivity contribution in [2.24, 2.45) is 5.92 Å². The Hall–Kier alpha value is -3.63. The number of urea groups is 1. The first-order valence-electron chi connectivity index (χ1n) is 8.63. The average Bonchev–Trinajstić information content (AvgIpc) is 2.67. The van der Waals surface area contributed by atoms with Crippen LogP contribution >= 0.6 is 0 Å². The quantitative estimate of drug-likeness (QED) is 0.533. The standard InChI is InChI=1S/C19H18F3N3O5/c1-11(2)17(26)24(3)18(27)23-13-6-4-5-7-15(13)30-16-9-8-12(19(20,21)22)10-14(16)25(28)29/h4-11H,1-3H3,(H,23,27). The summed E-state index contributed by atoms with van der Waals surface area (Å²) in [6, 6.07) is 6.89. The molecular formula is C19H18F3N3O5. The molecule has 0 spiro atoms. The normalized spacial score (nSPS) is 11.2. The molecule has 160 valence electrons. The van der Waals surface area contributed by atoms with Gasteiger partial charge in [0.25, 0.3) is 0 Å². The highest BCUT2D eigenvalue weighted by Gasteiger charge is 2.33. The van der Waals surface area contributed by atoms with Crippen LogP contribution in [0.15, 0.2) is 42.5 Å².